The largest absolute Gasteiger partial charge is 0.337 e. The van der Waals surface area contributed by atoms with Gasteiger partial charge in [0.05, 0.1) is 10.0 Å². The summed E-state index contributed by atoms with van der Waals surface area (Å²) in [6, 6.07) is 11.5. The van der Waals surface area contributed by atoms with E-state index in [0.717, 1.165) is 0 Å². The maximum Gasteiger partial charge on any atom is 0.321 e. The Hall–Kier alpha value is -1.95. The maximum atomic E-state index is 12.6. The Bertz CT molecular complexity index is 843. The van der Waals surface area contributed by atoms with E-state index >= 15 is 0 Å². The maximum absolute atomic E-state index is 12.6. The molecular weight excluding hydrogens is 409 g/mol. The summed E-state index contributed by atoms with van der Waals surface area (Å²) in [4.78, 5) is 28.6. The minimum atomic E-state index is -0.228. The van der Waals surface area contributed by atoms with Gasteiger partial charge in [-0.3, -0.25) is 4.79 Å². The van der Waals surface area contributed by atoms with Crippen molar-refractivity contribution in [3.8, 4) is 0 Å². The fourth-order valence-electron chi connectivity index (χ4n) is 2.88. The predicted molar refractivity (Wildman–Crippen MR) is 109 cm³/mol. The highest BCUT2D eigenvalue weighted by atomic mass is 35.5. The summed E-state index contributed by atoms with van der Waals surface area (Å²) in [5.41, 5.74) is 1.17. The molecule has 8 heteroatoms. The number of benzene rings is 2. The van der Waals surface area contributed by atoms with E-state index in [4.69, 9.17) is 34.8 Å². The zero-order chi connectivity index (χ0) is 19.4. The summed E-state index contributed by atoms with van der Waals surface area (Å²) in [6.45, 7) is 2.08. The normalized spacial score (nSPS) is 14.6. The molecule has 3 amide bonds. The highest BCUT2D eigenvalue weighted by Crippen LogP contribution is 2.25. The highest BCUT2D eigenvalue weighted by Gasteiger charge is 2.23. The molecule has 1 fully saturated rings. The lowest BCUT2D eigenvalue weighted by molar-refractivity contribution is 0.0762. The standard InChI is InChI=1S/C19H18Cl3N3O2/c20-14-4-2-13(3-5-14)18(26)24-8-1-9-25(11-10-24)19(27)23-15-6-7-16(21)17(22)12-15/h2-7,12H,1,8-11H2,(H,23,27). The van der Waals surface area contributed by atoms with Crippen LogP contribution in [0, 0.1) is 0 Å². The number of nitrogens with zero attached hydrogens (tertiary/aromatic N) is 2. The Balaban J connectivity index is 1.60. The summed E-state index contributed by atoms with van der Waals surface area (Å²) in [5, 5.41) is 4.22. The van der Waals surface area contributed by atoms with Gasteiger partial charge >= 0.3 is 6.03 Å². The fraction of sp³-hybridized carbons (Fsp3) is 0.263. The molecule has 0 bridgehead atoms. The molecule has 5 nitrogen and oxygen atoms in total. The minimum absolute atomic E-state index is 0.0570. The molecule has 1 aliphatic rings. The average molecular weight is 427 g/mol. The number of carbonyl (C=O) groups is 2. The van der Waals surface area contributed by atoms with Gasteiger partial charge in [-0.1, -0.05) is 34.8 Å². The molecule has 0 aromatic heterocycles. The first-order chi connectivity index (χ1) is 12.9. The van der Waals surface area contributed by atoms with E-state index in [1.54, 1.807) is 52.3 Å². The number of halogens is 3. The molecule has 142 valence electrons. The lowest BCUT2D eigenvalue weighted by atomic mass is 10.2. The van der Waals surface area contributed by atoms with E-state index in [1.807, 2.05) is 0 Å². The molecule has 0 aliphatic carbocycles. The van der Waals surface area contributed by atoms with E-state index in [9.17, 15) is 9.59 Å². The van der Waals surface area contributed by atoms with E-state index < -0.39 is 0 Å². The van der Waals surface area contributed by atoms with Gasteiger partial charge in [-0.05, 0) is 48.9 Å². The lowest BCUT2D eigenvalue weighted by Gasteiger charge is -2.22. The quantitative estimate of drug-likeness (QED) is 0.732. The van der Waals surface area contributed by atoms with Crippen LogP contribution in [-0.4, -0.2) is 47.9 Å². The third-order valence-corrected chi connectivity index (χ3v) is 5.32. The first-order valence-corrected chi connectivity index (χ1v) is 9.63. The van der Waals surface area contributed by atoms with Crippen molar-refractivity contribution in [2.24, 2.45) is 0 Å². The molecule has 0 saturated carbocycles. The second-order valence-corrected chi connectivity index (χ2v) is 7.45. The molecule has 1 aliphatic heterocycles. The van der Waals surface area contributed by atoms with Crippen LogP contribution in [0.1, 0.15) is 16.8 Å². The van der Waals surface area contributed by atoms with E-state index in [-0.39, 0.29) is 11.9 Å². The van der Waals surface area contributed by atoms with E-state index in [0.29, 0.717) is 58.9 Å². The monoisotopic (exact) mass is 425 g/mol. The number of anilines is 1. The lowest BCUT2D eigenvalue weighted by Crippen LogP contribution is -2.39. The Morgan fingerprint density at radius 3 is 2.19 bits per heavy atom. The molecule has 27 heavy (non-hydrogen) atoms. The number of amides is 3. The molecule has 0 unspecified atom stereocenters. The second kappa shape index (κ2) is 8.83. The third kappa shape index (κ3) is 5.06. The third-order valence-electron chi connectivity index (χ3n) is 4.33. The van der Waals surface area contributed by atoms with Crippen molar-refractivity contribution >= 4 is 52.4 Å². The number of hydrogen-bond donors (Lipinski definition) is 1. The van der Waals surface area contributed by atoms with Crippen LogP contribution in [0.3, 0.4) is 0 Å². The van der Waals surface area contributed by atoms with Gasteiger partial charge < -0.3 is 15.1 Å². The van der Waals surface area contributed by atoms with Crippen molar-refractivity contribution in [2.45, 2.75) is 6.42 Å². The number of rotatable bonds is 2. The Kier molecular flexibility index (Phi) is 6.47. The van der Waals surface area contributed by atoms with Crippen molar-refractivity contribution in [2.75, 3.05) is 31.5 Å². The van der Waals surface area contributed by atoms with Crippen molar-refractivity contribution in [1.82, 2.24) is 9.80 Å². The van der Waals surface area contributed by atoms with Crippen LogP contribution >= 0.6 is 34.8 Å². The van der Waals surface area contributed by atoms with Crippen molar-refractivity contribution in [3.05, 3.63) is 63.1 Å². The van der Waals surface area contributed by atoms with Gasteiger partial charge in [0.2, 0.25) is 0 Å². The first-order valence-electron chi connectivity index (χ1n) is 8.50. The Labute approximate surface area is 172 Å². The zero-order valence-corrected chi connectivity index (χ0v) is 16.7. The zero-order valence-electron chi connectivity index (χ0n) is 14.4. The molecule has 0 radical (unpaired) electrons. The highest BCUT2D eigenvalue weighted by molar-refractivity contribution is 6.42. The number of urea groups is 1. The van der Waals surface area contributed by atoms with Crippen LogP contribution < -0.4 is 5.32 Å². The summed E-state index contributed by atoms with van der Waals surface area (Å²) >= 11 is 17.7. The SMILES string of the molecule is O=C(Nc1ccc(Cl)c(Cl)c1)N1CCCN(C(=O)c2ccc(Cl)cc2)CC1. The van der Waals surface area contributed by atoms with Crippen LogP contribution in [-0.2, 0) is 0 Å². The predicted octanol–water partition coefficient (Wildman–Crippen LogP) is 5.03. The molecular formula is C19H18Cl3N3O2. The molecule has 0 spiro atoms. The molecule has 2 aromatic carbocycles. The van der Waals surface area contributed by atoms with Gasteiger partial charge in [0.1, 0.15) is 0 Å². The van der Waals surface area contributed by atoms with Gasteiger partial charge in [0, 0.05) is 42.5 Å². The summed E-state index contributed by atoms with van der Waals surface area (Å²) < 4.78 is 0. The fourth-order valence-corrected chi connectivity index (χ4v) is 3.30. The molecule has 1 N–H and O–H groups in total. The molecule has 1 heterocycles. The first kappa shape index (κ1) is 19.8. The number of carbonyl (C=O) groups excluding carboxylic acids is 2. The second-order valence-electron chi connectivity index (χ2n) is 6.20. The average Bonchev–Trinajstić information content (AvgIpc) is 2.91. The van der Waals surface area contributed by atoms with Gasteiger partial charge in [-0.15, -0.1) is 0 Å². The van der Waals surface area contributed by atoms with Crippen LogP contribution in [0.5, 0.6) is 0 Å². The smallest absolute Gasteiger partial charge is 0.321 e. The summed E-state index contributed by atoms with van der Waals surface area (Å²) in [5.74, 6) is -0.0570. The van der Waals surface area contributed by atoms with Gasteiger partial charge in [0.25, 0.3) is 5.91 Å². The minimum Gasteiger partial charge on any atom is -0.337 e. The van der Waals surface area contributed by atoms with Crippen molar-refractivity contribution in [1.29, 1.82) is 0 Å². The van der Waals surface area contributed by atoms with E-state index in [1.165, 1.54) is 0 Å². The summed E-state index contributed by atoms with van der Waals surface area (Å²) in [7, 11) is 0. The van der Waals surface area contributed by atoms with Crippen molar-refractivity contribution in [3.63, 3.8) is 0 Å². The number of nitrogens with one attached hydrogen (secondary N) is 1. The Morgan fingerprint density at radius 1 is 0.815 bits per heavy atom. The van der Waals surface area contributed by atoms with Crippen molar-refractivity contribution < 1.29 is 9.59 Å². The summed E-state index contributed by atoms with van der Waals surface area (Å²) in [6.07, 6.45) is 0.703. The molecule has 1 saturated heterocycles. The Morgan fingerprint density at radius 2 is 1.48 bits per heavy atom. The van der Waals surface area contributed by atoms with E-state index in [2.05, 4.69) is 5.32 Å². The molecule has 2 aromatic rings. The van der Waals surface area contributed by atoms with Gasteiger partial charge in [0.15, 0.2) is 0 Å². The van der Waals surface area contributed by atoms with Gasteiger partial charge in [-0.25, -0.2) is 4.79 Å². The topological polar surface area (TPSA) is 52.7 Å². The van der Waals surface area contributed by atoms with Gasteiger partial charge in [-0.2, -0.15) is 0 Å². The van der Waals surface area contributed by atoms with Crippen LogP contribution in [0.2, 0.25) is 15.1 Å². The molecule has 0 atom stereocenters. The molecule has 3 rings (SSSR count). The van der Waals surface area contributed by atoms with Crippen LogP contribution in [0.15, 0.2) is 42.5 Å². The number of hydrogen-bond acceptors (Lipinski definition) is 2. The van der Waals surface area contributed by atoms with Crippen LogP contribution in [0.25, 0.3) is 0 Å². The van der Waals surface area contributed by atoms with Crippen LogP contribution in [0.4, 0.5) is 10.5 Å².